The lowest BCUT2D eigenvalue weighted by atomic mass is 9.36. The van der Waals surface area contributed by atoms with Gasteiger partial charge in [0.25, 0.3) is 0 Å². The minimum Gasteiger partial charge on any atom is -0.396 e. The van der Waals surface area contributed by atoms with Crippen molar-refractivity contribution in [3.63, 3.8) is 0 Å². The predicted octanol–water partition coefficient (Wildman–Crippen LogP) is 2.82. The molecule has 0 unspecified atom stereocenters. The first-order valence-electron chi connectivity index (χ1n) is 8.59. The van der Waals surface area contributed by atoms with E-state index in [0.29, 0.717) is 28.1 Å². The maximum absolute atomic E-state index is 13.2. The van der Waals surface area contributed by atoms with Crippen molar-refractivity contribution >= 4 is 5.91 Å². The molecule has 5 fully saturated rings. The number of nitrogens with zero attached hydrogens (tertiary/aromatic N) is 1. The number of carbonyl (C=O) groups is 1. The minimum absolute atomic E-state index is 0.0899. The van der Waals surface area contributed by atoms with Gasteiger partial charge in [-0.1, -0.05) is 20.8 Å². The molecule has 1 heterocycles. The van der Waals surface area contributed by atoms with Gasteiger partial charge in [0, 0.05) is 25.6 Å². The monoisotopic (exact) mass is 291 g/mol. The molecule has 4 aliphatic carbocycles. The lowest BCUT2D eigenvalue weighted by Crippen LogP contribution is -2.65. The van der Waals surface area contributed by atoms with E-state index in [-0.39, 0.29) is 12.0 Å². The van der Waals surface area contributed by atoms with Crippen LogP contribution in [-0.4, -0.2) is 35.6 Å². The maximum Gasteiger partial charge on any atom is 0.228 e. The normalized spacial score (nSPS) is 52.1. The molecule has 4 bridgehead atoms. The Morgan fingerprint density at radius 2 is 1.38 bits per heavy atom. The predicted molar refractivity (Wildman–Crippen MR) is 81.6 cm³/mol. The van der Waals surface area contributed by atoms with E-state index in [1.54, 1.807) is 0 Å². The van der Waals surface area contributed by atoms with Crippen LogP contribution >= 0.6 is 0 Å². The molecule has 1 N–H and O–H groups in total. The molecule has 4 saturated carbocycles. The van der Waals surface area contributed by atoms with Crippen molar-refractivity contribution in [3.05, 3.63) is 0 Å². The molecule has 0 aromatic carbocycles. The Kier molecular flexibility index (Phi) is 2.57. The molecule has 5 rings (SSSR count). The van der Waals surface area contributed by atoms with Gasteiger partial charge in [-0.25, -0.2) is 0 Å². The Morgan fingerprint density at radius 1 is 0.952 bits per heavy atom. The summed E-state index contributed by atoms with van der Waals surface area (Å²) in [4.78, 5) is 15.2. The number of hydrogen-bond acceptors (Lipinski definition) is 2. The molecule has 1 amide bonds. The van der Waals surface area contributed by atoms with Crippen LogP contribution < -0.4 is 0 Å². The molecule has 0 aromatic rings. The summed E-state index contributed by atoms with van der Waals surface area (Å²) in [6, 6.07) is 0. The third kappa shape index (κ3) is 1.92. The number of amides is 1. The van der Waals surface area contributed by atoms with Crippen molar-refractivity contribution < 1.29 is 9.90 Å². The van der Waals surface area contributed by atoms with Gasteiger partial charge in [0.2, 0.25) is 5.91 Å². The number of aliphatic hydroxyl groups excluding tert-OH is 1. The van der Waals surface area contributed by atoms with Crippen molar-refractivity contribution in [2.24, 2.45) is 27.6 Å². The number of aliphatic hydroxyl groups is 1. The first-order valence-corrected chi connectivity index (χ1v) is 8.59. The van der Waals surface area contributed by atoms with E-state index in [9.17, 15) is 9.90 Å². The summed E-state index contributed by atoms with van der Waals surface area (Å²) in [6.07, 6.45) is 7.23. The number of likely N-dealkylation sites (tertiary alicyclic amines) is 1. The molecule has 0 spiro atoms. The fourth-order valence-electron chi connectivity index (χ4n) is 7.71. The summed E-state index contributed by atoms with van der Waals surface area (Å²) in [7, 11) is 0. The summed E-state index contributed by atoms with van der Waals surface area (Å²) in [5.41, 5.74) is 1.02. The van der Waals surface area contributed by atoms with Crippen LogP contribution in [-0.2, 0) is 4.79 Å². The average molecular weight is 291 g/mol. The highest BCUT2D eigenvalue weighted by Gasteiger charge is 2.67. The van der Waals surface area contributed by atoms with Crippen molar-refractivity contribution in [1.29, 1.82) is 0 Å². The zero-order valence-corrected chi connectivity index (χ0v) is 13.7. The van der Waals surface area contributed by atoms with E-state index in [1.165, 1.54) is 19.3 Å². The van der Waals surface area contributed by atoms with Gasteiger partial charge in [-0.15, -0.1) is 0 Å². The first kappa shape index (κ1) is 14.0. The number of hydrogen-bond donors (Lipinski definition) is 1. The highest BCUT2D eigenvalue weighted by Crippen LogP contribution is 2.73. The molecule has 3 nitrogen and oxygen atoms in total. The van der Waals surface area contributed by atoms with E-state index in [0.717, 1.165) is 32.4 Å². The fraction of sp³-hybridized carbons (Fsp3) is 0.944. The second kappa shape index (κ2) is 3.84. The fourth-order valence-corrected chi connectivity index (χ4v) is 7.71. The van der Waals surface area contributed by atoms with Crippen LogP contribution in [0.25, 0.3) is 0 Å². The van der Waals surface area contributed by atoms with Gasteiger partial charge in [0.1, 0.15) is 0 Å². The Morgan fingerprint density at radius 3 is 1.76 bits per heavy atom. The third-order valence-corrected chi connectivity index (χ3v) is 6.81. The highest BCUT2D eigenvalue weighted by molar-refractivity contribution is 5.84. The SMILES string of the molecule is CC12CC3(C)CC(C)(C1)CC(C(=O)N1CC(CO)C1)(C2)C3. The van der Waals surface area contributed by atoms with E-state index >= 15 is 0 Å². The second-order valence-electron chi connectivity index (χ2n) is 10.0. The molecule has 0 radical (unpaired) electrons. The van der Waals surface area contributed by atoms with Gasteiger partial charge in [-0.05, 0) is 54.8 Å². The number of rotatable bonds is 2. The van der Waals surface area contributed by atoms with Crippen LogP contribution in [0.1, 0.15) is 59.3 Å². The van der Waals surface area contributed by atoms with Gasteiger partial charge in [0.05, 0.1) is 5.41 Å². The Hall–Kier alpha value is -0.570. The molecule has 0 atom stereocenters. The Labute approximate surface area is 128 Å². The van der Waals surface area contributed by atoms with Crippen molar-refractivity contribution in [2.75, 3.05) is 19.7 Å². The summed E-state index contributed by atoms with van der Waals surface area (Å²) >= 11 is 0. The van der Waals surface area contributed by atoms with Crippen LogP contribution in [0.3, 0.4) is 0 Å². The minimum atomic E-state index is -0.0899. The van der Waals surface area contributed by atoms with E-state index in [4.69, 9.17) is 0 Å². The summed E-state index contributed by atoms with van der Waals surface area (Å²) in [5.74, 6) is 0.736. The van der Waals surface area contributed by atoms with Crippen LogP contribution in [0.15, 0.2) is 0 Å². The maximum atomic E-state index is 13.2. The molecular weight excluding hydrogens is 262 g/mol. The van der Waals surface area contributed by atoms with Crippen LogP contribution in [0, 0.1) is 27.6 Å². The molecule has 1 saturated heterocycles. The molecule has 0 aromatic heterocycles. The van der Waals surface area contributed by atoms with Gasteiger partial charge in [0.15, 0.2) is 0 Å². The van der Waals surface area contributed by atoms with Crippen molar-refractivity contribution in [1.82, 2.24) is 4.90 Å². The topological polar surface area (TPSA) is 40.5 Å². The van der Waals surface area contributed by atoms with E-state index in [2.05, 4.69) is 20.8 Å². The van der Waals surface area contributed by atoms with E-state index < -0.39 is 0 Å². The Bertz CT molecular complexity index is 440. The average Bonchev–Trinajstić information content (AvgIpc) is 2.20. The summed E-state index contributed by atoms with van der Waals surface area (Å²) < 4.78 is 0. The Balaban J connectivity index is 1.64. The molecule has 118 valence electrons. The molecule has 3 heteroatoms. The third-order valence-electron chi connectivity index (χ3n) is 6.81. The lowest BCUT2D eigenvalue weighted by Gasteiger charge is -2.69. The van der Waals surface area contributed by atoms with Gasteiger partial charge >= 0.3 is 0 Å². The standard InChI is InChI=1S/C18H29NO2/c1-15-7-16(2)9-17(3,8-15)12-18(10-15,11-16)14(21)19-4-13(5-19)6-20/h13,20H,4-12H2,1-3H3. The summed E-state index contributed by atoms with van der Waals surface area (Å²) in [5, 5.41) is 9.20. The summed E-state index contributed by atoms with van der Waals surface area (Å²) in [6.45, 7) is 9.06. The van der Waals surface area contributed by atoms with Crippen LogP contribution in [0.2, 0.25) is 0 Å². The van der Waals surface area contributed by atoms with Crippen LogP contribution in [0.5, 0.6) is 0 Å². The molecule has 1 aliphatic heterocycles. The molecular formula is C18H29NO2. The highest BCUT2D eigenvalue weighted by atomic mass is 16.3. The molecule has 5 aliphatic rings. The largest absolute Gasteiger partial charge is 0.396 e. The van der Waals surface area contributed by atoms with Gasteiger partial charge in [-0.3, -0.25) is 4.79 Å². The number of carbonyl (C=O) groups excluding carboxylic acids is 1. The van der Waals surface area contributed by atoms with Gasteiger partial charge in [-0.2, -0.15) is 0 Å². The van der Waals surface area contributed by atoms with Crippen LogP contribution in [0.4, 0.5) is 0 Å². The zero-order chi connectivity index (χ0) is 15.1. The smallest absolute Gasteiger partial charge is 0.228 e. The zero-order valence-electron chi connectivity index (χ0n) is 13.7. The van der Waals surface area contributed by atoms with Crippen molar-refractivity contribution in [2.45, 2.75) is 59.3 Å². The first-order chi connectivity index (χ1) is 9.69. The lowest BCUT2D eigenvalue weighted by molar-refractivity contribution is -0.203. The molecule has 21 heavy (non-hydrogen) atoms. The van der Waals surface area contributed by atoms with Crippen molar-refractivity contribution in [3.8, 4) is 0 Å². The second-order valence-corrected chi connectivity index (χ2v) is 10.0. The van der Waals surface area contributed by atoms with Gasteiger partial charge < -0.3 is 10.0 Å². The van der Waals surface area contributed by atoms with E-state index in [1.807, 2.05) is 4.90 Å². The quantitative estimate of drug-likeness (QED) is 0.850.